The summed E-state index contributed by atoms with van der Waals surface area (Å²) < 4.78 is 17.2. The first-order chi connectivity index (χ1) is 15.2. The summed E-state index contributed by atoms with van der Waals surface area (Å²) in [6.07, 6.45) is 4.74. The summed E-state index contributed by atoms with van der Waals surface area (Å²) in [6, 6.07) is 7.91. The molecule has 0 saturated carbocycles. The fourth-order valence-corrected chi connectivity index (χ4v) is 3.28. The zero-order valence-corrected chi connectivity index (χ0v) is 19.0. The molecule has 0 aliphatic carbocycles. The van der Waals surface area contributed by atoms with Crippen molar-refractivity contribution in [3.63, 3.8) is 0 Å². The Balaban J connectivity index is 2.18. The summed E-state index contributed by atoms with van der Waals surface area (Å²) in [5.41, 5.74) is 3.44. The number of aromatic hydroxyl groups is 2. The topological polar surface area (TPSA) is 89.1 Å². The van der Waals surface area contributed by atoms with Crippen LogP contribution in [0.25, 0.3) is 22.3 Å². The average Bonchev–Trinajstić information content (AvgIpc) is 2.71. The van der Waals surface area contributed by atoms with Crippen molar-refractivity contribution in [2.75, 3.05) is 13.7 Å². The van der Waals surface area contributed by atoms with Crippen molar-refractivity contribution < 1.29 is 24.1 Å². The monoisotopic (exact) mass is 436 g/mol. The molecule has 3 rings (SSSR count). The van der Waals surface area contributed by atoms with Crippen molar-refractivity contribution in [1.82, 2.24) is 0 Å². The molecule has 6 nitrogen and oxygen atoms in total. The molecule has 2 aromatic carbocycles. The van der Waals surface area contributed by atoms with Gasteiger partial charge in [-0.1, -0.05) is 17.2 Å². The third kappa shape index (κ3) is 4.97. The van der Waals surface area contributed by atoms with Crippen LogP contribution in [0.1, 0.15) is 33.3 Å². The molecule has 3 aromatic rings. The highest BCUT2D eigenvalue weighted by Crippen LogP contribution is 2.37. The van der Waals surface area contributed by atoms with E-state index in [9.17, 15) is 15.0 Å². The molecule has 1 aromatic heterocycles. The lowest BCUT2D eigenvalue weighted by molar-refractivity contribution is 0.358. The Hall–Kier alpha value is -3.67. The van der Waals surface area contributed by atoms with Gasteiger partial charge in [-0.05, 0) is 64.0 Å². The maximum absolute atomic E-state index is 13.0. The Morgan fingerprint density at radius 2 is 1.75 bits per heavy atom. The standard InChI is InChI=1S/C26H28O6/c1-15(2)6-7-17-12-18(8-9-21(17)31-11-10-16(3)4)25-26(30-5)24(29)23-20(28)13-19(27)14-22(23)32-25/h6,8-10,12-14,27-28H,7,11H2,1-5H3. The molecular formula is C26H28O6. The molecule has 0 bridgehead atoms. The van der Waals surface area contributed by atoms with Crippen LogP contribution < -0.4 is 14.9 Å². The lowest BCUT2D eigenvalue weighted by Gasteiger charge is -2.14. The van der Waals surface area contributed by atoms with Crippen LogP contribution in [0, 0.1) is 0 Å². The predicted octanol–water partition coefficient (Wildman–Crippen LogP) is 5.73. The van der Waals surface area contributed by atoms with E-state index in [2.05, 4.69) is 6.08 Å². The summed E-state index contributed by atoms with van der Waals surface area (Å²) in [4.78, 5) is 13.0. The van der Waals surface area contributed by atoms with Gasteiger partial charge in [-0.2, -0.15) is 0 Å². The van der Waals surface area contributed by atoms with Gasteiger partial charge in [0.2, 0.25) is 11.2 Å². The van der Waals surface area contributed by atoms with Crippen LogP contribution in [-0.2, 0) is 6.42 Å². The van der Waals surface area contributed by atoms with Gasteiger partial charge in [0.15, 0.2) is 5.76 Å². The quantitative estimate of drug-likeness (QED) is 0.460. The number of phenolic OH excluding ortho intramolecular Hbond substituents is 2. The Bertz CT molecular complexity index is 1260. The van der Waals surface area contributed by atoms with Gasteiger partial charge in [-0.25, -0.2) is 0 Å². The van der Waals surface area contributed by atoms with Gasteiger partial charge in [-0.3, -0.25) is 4.79 Å². The van der Waals surface area contributed by atoms with Crippen LogP contribution in [0.3, 0.4) is 0 Å². The molecule has 0 radical (unpaired) electrons. The molecule has 0 spiro atoms. The van der Waals surface area contributed by atoms with Crippen molar-refractivity contribution in [2.24, 2.45) is 0 Å². The lowest BCUT2D eigenvalue weighted by Crippen LogP contribution is -2.08. The van der Waals surface area contributed by atoms with E-state index in [-0.39, 0.29) is 34.0 Å². The molecule has 0 unspecified atom stereocenters. The average molecular weight is 437 g/mol. The minimum atomic E-state index is -0.518. The van der Waals surface area contributed by atoms with Crippen LogP contribution in [0.5, 0.6) is 23.0 Å². The Labute approximate surface area is 187 Å². The zero-order valence-electron chi connectivity index (χ0n) is 19.0. The van der Waals surface area contributed by atoms with Gasteiger partial charge in [0.1, 0.15) is 34.8 Å². The van der Waals surface area contributed by atoms with E-state index in [1.54, 1.807) is 6.07 Å². The molecule has 32 heavy (non-hydrogen) atoms. The fraction of sp³-hybridized carbons (Fsp3) is 0.269. The van der Waals surface area contributed by atoms with E-state index in [1.165, 1.54) is 24.3 Å². The van der Waals surface area contributed by atoms with Crippen LogP contribution in [0.4, 0.5) is 0 Å². The van der Waals surface area contributed by atoms with E-state index < -0.39 is 5.43 Å². The minimum Gasteiger partial charge on any atom is -0.508 e. The molecule has 0 aliphatic heterocycles. The summed E-state index contributed by atoms with van der Waals surface area (Å²) in [7, 11) is 1.38. The van der Waals surface area contributed by atoms with Crippen LogP contribution in [0.15, 0.2) is 62.8 Å². The largest absolute Gasteiger partial charge is 0.508 e. The molecule has 2 N–H and O–H groups in total. The number of fused-ring (bicyclic) bond motifs is 1. The van der Waals surface area contributed by atoms with Crippen molar-refractivity contribution in [3.05, 3.63) is 69.4 Å². The zero-order chi connectivity index (χ0) is 23.4. The molecular weight excluding hydrogens is 408 g/mol. The molecule has 0 aliphatic rings. The number of methoxy groups -OCH3 is 1. The number of allylic oxidation sites excluding steroid dienone is 3. The first-order valence-corrected chi connectivity index (χ1v) is 10.3. The normalized spacial score (nSPS) is 10.7. The van der Waals surface area contributed by atoms with Crippen LogP contribution in [-0.4, -0.2) is 23.9 Å². The highest BCUT2D eigenvalue weighted by molar-refractivity contribution is 5.88. The number of benzene rings is 2. The van der Waals surface area contributed by atoms with Crippen molar-refractivity contribution >= 4 is 11.0 Å². The van der Waals surface area contributed by atoms with Crippen molar-refractivity contribution in [2.45, 2.75) is 34.1 Å². The van der Waals surface area contributed by atoms with E-state index >= 15 is 0 Å². The highest BCUT2D eigenvalue weighted by atomic mass is 16.5. The highest BCUT2D eigenvalue weighted by Gasteiger charge is 2.21. The second-order valence-electron chi connectivity index (χ2n) is 8.03. The van der Waals surface area contributed by atoms with E-state index in [1.807, 2.05) is 45.9 Å². The van der Waals surface area contributed by atoms with Gasteiger partial charge in [0.05, 0.1) is 7.11 Å². The molecule has 0 amide bonds. The summed E-state index contributed by atoms with van der Waals surface area (Å²) in [5, 5.41) is 19.9. The molecule has 1 heterocycles. The SMILES string of the molecule is COc1c(-c2ccc(OCC=C(C)C)c(CC=C(C)C)c2)oc2cc(O)cc(O)c2c1=O. The van der Waals surface area contributed by atoms with Gasteiger partial charge in [0, 0.05) is 17.7 Å². The molecule has 0 fully saturated rings. The number of phenols is 2. The first-order valence-electron chi connectivity index (χ1n) is 10.3. The molecule has 168 valence electrons. The molecule has 0 atom stereocenters. The number of hydrogen-bond donors (Lipinski definition) is 2. The third-order valence-electron chi connectivity index (χ3n) is 4.91. The predicted molar refractivity (Wildman–Crippen MR) is 126 cm³/mol. The Morgan fingerprint density at radius 3 is 2.41 bits per heavy atom. The van der Waals surface area contributed by atoms with Crippen LogP contribution in [0.2, 0.25) is 0 Å². The van der Waals surface area contributed by atoms with Crippen LogP contribution >= 0.6 is 0 Å². The number of rotatable bonds is 7. The second kappa shape index (κ2) is 9.64. The summed E-state index contributed by atoms with van der Waals surface area (Å²) >= 11 is 0. The van der Waals surface area contributed by atoms with Gasteiger partial charge >= 0.3 is 0 Å². The third-order valence-corrected chi connectivity index (χ3v) is 4.91. The van der Waals surface area contributed by atoms with Crippen molar-refractivity contribution in [3.8, 4) is 34.3 Å². The van der Waals surface area contributed by atoms with Gasteiger partial charge in [-0.15, -0.1) is 0 Å². The van der Waals surface area contributed by atoms with Gasteiger partial charge < -0.3 is 24.1 Å². The number of ether oxygens (including phenoxy) is 2. The lowest BCUT2D eigenvalue weighted by atomic mass is 10.0. The maximum Gasteiger partial charge on any atom is 0.239 e. The fourth-order valence-electron chi connectivity index (χ4n) is 3.28. The van der Waals surface area contributed by atoms with E-state index in [0.29, 0.717) is 18.6 Å². The van der Waals surface area contributed by atoms with Crippen molar-refractivity contribution in [1.29, 1.82) is 0 Å². The maximum atomic E-state index is 13.0. The number of hydrogen-bond acceptors (Lipinski definition) is 6. The van der Waals surface area contributed by atoms with Gasteiger partial charge in [0.25, 0.3) is 0 Å². The van der Waals surface area contributed by atoms with E-state index in [4.69, 9.17) is 13.9 Å². The minimum absolute atomic E-state index is 0.0233. The molecule has 6 heteroatoms. The Kier molecular flexibility index (Phi) is 6.93. The Morgan fingerprint density at radius 1 is 1.03 bits per heavy atom. The van der Waals surface area contributed by atoms with E-state index in [0.717, 1.165) is 17.4 Å². The smallest absolute Gasteiger partial charge is 0.239 e. The first kappa shape index (κ1) is 23.0. The summed E-state index contributed by atoms with van der Waals surface area (Å²) in [5.74, 6) is 0.350. The molecule has 0 saturated heterocycles. The second-order valence-corrected chi connectivity index (χ2v) is 8.03. The summed E-state index contributed by atoms with van der Waals surface area (Å²) in [6.45, 7) is 8.53.